The molecule has 1 aromatic heterocycles. The first-order valence-electron chi connectivity index (χ1n) is 6.52. The molecule has 1 aromatic carbocycles. The van der Waals surface area contributed by atoms with Crippen molar-refractivity contribution < 1.29 is 13.9 Å². The maximum absolute atomic E-state index is 6.64. The third-order valence-corrected chi connectivity index (χ3v) is 4.43. The van der Waals surface area contributed by atoms with Gasteiger partial charge in [-0.1, -0.05) is 11.6 Å². The van der Waals surface area contributed by atoms with Crippen LogP contribution in [0.5, 0.6) is 11.5 Å². The van der Waals surface area contributed by atoms with Gasteiger partial charge >= 0.3 is 0 Å². The van der Waals surface area contributed by atoms with E-state index in [0.29, 0.717) is 16.5 Å². The molecule has 1 atom stereocenters. The minimum absolute atomic E-state index is 0.408. The van der Waals surface area contributed by atoms with E-state index in [1.54, 1.807) is 26.4 Å². The lowest BCUT2D eigenvalue weighted by Gasteiger charge is -2.16. The van der Waals surface area contributed by atoms with Gasteiger partial charge in [0.1, 0.15) is 11.5 Å². The molecule has 1 heterocycles. The molecular weight excluding hydrogens is 311 g/mol. The number of methoxy groups -OCH3 is 2. The molecule has 1 unspecified atom stereocenters. The molecule has 3 nitrogen and oxygen atoms in total. The molecule has 5 heteroatoms. The molecule has 2 rings (SSSR count). The van der Waals surface area contributed by atoms with E-state index in [2.05, 4.69) is 0 Å². The summed E-state index contributed by atoms with van der Waals surface area (Å²) in [5.41, 5.74) is 2.75. The van der Waals surface area contributed by atoms with Crippen LogP contribution in [0.25, 0.3) is 0 Å². The molecule has 0 fully saturated rings. The average Bonchev–Trinajstić information content (AvgIpc) is 2.71. The summed E-state index contributed by atoms with van der Waals surface area (Å²) in [4.78, 5) is 0. The molecule has 21 heavy (non-hydrogen) atoms. The topological polar surface area (TPSA) is 31.6 Å². The molecule has 2 aromatic rings. The zero-order valence-electron chi connectivity index (χ0n) is 12.7. The number of halogens is 2. The van der Waals surface area contributed by atoms with Crippen molar-refractivity contribution in [2.75, 3.05) is 14.2 Å². The second-order valence-electron chi connectivity index (χ2n) is 4.84. The lowest BCUT2D eigenvalue weighted by molar-refractivity contribution is 0.354. The normalized spacial score (nSPS) is 12.3. The molecule has 0 bridgehead atoms. The highest BCUT2D eigenvalue weighted by molar-refractivity contribution is 6.33. The molecule has 0 amide bonds. The highest BCUT2D eigenvalue weighted by Gasteiger charge is 2.24. The molecule has 0 aliphatic heterocycles. The summed E-state index contributed by atoms with van der Waals surface area (Å²) in [5, 5.41) is 0.125. The van der Waals surface area contributed by atoms with Crippen LogP contribution in [-0.4, -0.2) is 14.2 Å². The quantitative estimate of drug-likeness (QED) is 0.722. The van der Waals surface area contributed by atoms with Gasteiger partial charge in [0.25, 0.3) is 0 Å². The number of aryl methyl sites for hydroxylation is 2. The Bertz CT molecular complexity index is 662. The summed E-state index contributed by atoms with van der Waals surface area (Å²) >= 11 is 13.0. The number of ether oxygens (including phenoxy) is 2. The highest BCUT2D eigenvalue weighted by atomic mass is 35.5. The summed E-state index contributed by atoms with van der Waals surface area (Å²) < 4.78 is 16.2. The van der Waals surface area contributed by atoms with E-state index >= 15 is 0 Å². The van der Waals surface area contributed by atoms with Crippen LogP contribution in [0.3, 0.4) is 0 Å². The number of furan rings is 1. The number of rotatable bonds is 4. The molecule has 0 saturated heterocycles. The summed E-state index contributed by atoms with van der Waals surface area (Å²) in [7, 11) is 3.15. The van der Waals surface area contributed by atoms with Gasteiger partial charge in [0.15, 0.2) is 11.5 Å². The SMILES string of the molecule is COc1cc(Cl)c(C(Cl)c2c(C)oc(C)c2C)cc1OC. The first kappa shape index (κ1) is 16.1. The monoisotopic (exact) mass is 328 g/mol. The van der Waals surface area contributed by atoms with Crippen LogP contribution >= 0.6 is 23.2 Å². The predicted octanol–water partition coefficient (Wildman–Crippen LogP) is 5.20. The summed E-state index contributed by atoms with van der Waals surface area (Å²) in [6.07, 6.45) is 0. The van der Waals surface area contributed by atoms with Crippen LogP contribution in [-0.2, 0) is 0 Å². The molecule has 0 saturated carbocycles. The van der Waals surface area contributed by atoms with E-state index in [4.69, 9.17) is 37.1 Å². The van der Waals surface area contributed by atoms with Crippen molar-refractivity contribution in [3.05, 3.63) is 45.4 Å². The molecule has 0 aliphatic carbocycles. The lowest BCUT2D eigenvalue weighted by Crippen LogP contribution is -2.00. The average molecular weight is 329 g/mol. The molecule has 0 aliphatic rings. The van der Waals surface area contributed by atoms with Gasteiger partial charge in [-0.05, 0) is 38.0 Å². The first-order chi connectivity index (χ1) is 9.90. The highest BCUT2D eigenvalue weighted by Crippen LogP contribution is 2.43. The van der Waals surface area contributed by atoms with Crippen molar-refractivity contribution in [3.63, 3.8) is 0 Å². The zero-order chi connectivity index (χ0) is 15.7. The van der Waals surface area contributed by atoms with E-state index in [1.165, 1.54) is 0 Å². The third-order valence-electron chi connectivity index (χ3n) is 3.65. The maximum atomic E-state index is 6.64. The van der Waals surface area contributed by atoms with E-state index in [0.717, 1.165) is 28.2 Å². The van der Waals surface area contributed by atoms with Crippen LogP contribution in [0.2, 0.25) is 5.02 Å². The number of benzene rings is 1. The van der Waals surface area contributed by atoms with Crippen molar-refractivity contribution in [2.45, 2.75) is 26.1 Å². The van der Waals surface area contributed by atoms with Crippen LogP contribution in [0, 0.1) is 20.8 Å². The van der Waals surface area contributed by atoms with E-state index < -0.39 is 5.38 Å². The summed E-state index contributed by atoms with van der Waals surface area (Å²) in [6.45, 7) is 5.82. The van der Waals surface area contributed by atoms with Gasteiger partial charge < -0.3 is 13.9 Å². The van der Waals surface area contributed by atoms with E-state index in [1.807, 2.05) is 20.8 Å². The molecule has 0 radical (unpaired) electrons. The molecule has 114 valence electrons. The Hall–Kier alpha value is -1.32. The Balaban J connectivity index is 2.55. The van der Waals surface area contributed by atoms with Crippen molar-refractivity contribution in [1.29, 1.82) is 0 Å². The first-order valence-corrected chi connectivity index (χ1v) is 7.34. The molecule has 0 N–H and O–H groups in total. The van der Waals surface area contributed by atoms with Crippen LogP contribution in [0.15, 0.2) is 16.5 Å². The van der Waals surface area contributed by atoms with E-state index in [-0.39, 0.29) is 0 Å². The fraction of sp³-hybridized carbons (Fsp3) is 0.375. The fourth-order valence-corrected chi connectivity index (χ4v) is 3.22. The zero-order valence-corrected chi connectivity index (χ0v) is 14.2. The lowest BCUT2D eigenvalue weighted by atomic mass is 10.00. The van der Waals surface area contributed by atoms with Gasteiger partial charge in [0.05, 0.1) is 19.6 Å². The van der Waals surface area contributed by atoms with Crippen molar-refractivity contribution >= 4 is 23.2 Å². The smallest absolute Gasteiger partial charge is 0.162 e. The predicted molar refractivity (Wildman–Crippen MR) is 85.2 cm³/mol. The Morgan fingerprint density at radius 3 is 2.05 bits per heavy atom. The van der Waals surface area contributed by atoms with Crippen LogP contribution < -0.4 is 9.47 Å². The Kier molecular flexibility index (Phi) is 4.74. The second kappa shape index (κ2) is 6.20. The Labute approximate surface area is 134 Å². The minimum Gasteiger partial charge on any atom is -0.493 e. The van der Waals surface area contributed by atoms with Gasteiger partial charge in [-0.25, -0.2) is 0 Å². The van der Waals surface area contributed by atoms with Gasteiger partial charge in [0.2, 0.25) is 0 Å². The van der Waals surface area contributed by atoms with Gasteiger partial charge in [-0.15, -0.1) is 11.6 Å². The van der Waals surface area contributed by atoms with E-state index in [9.17, 15) is 0 Å². The second-order valence-corrected chi connectivity index (χ2v) is 5.69. The number of hydrogen-bond donors (Lipinski definition) is 0. The Morgan fingerprint density at radius 1 is 1.00 bits per heavy atom. The Morgan fingerprint density at radius 2 is 1.57 bits per heavy atom. The van der Waals surface area contributed by atoms with Gasteiger partial charge in [-0.3, -0.25) is 0 Å². The van der Waals surface area contributed by atoms with Crippen LogP contribution in [0.4, 0.5) is 0 Å². The van der Waals surface area contributed by atoms with Crippen molar-refractivity contribution in [3.8, 4) is 11.5 Å². The third kappa shape index (κ3) is 2.85. The van der Waals surface area contributed by atoms with Gasteiger partial charge in [-0.2, -0.15) is 0 Å². The largest absolute Gasteiger partial charge is 0.493 e. The van der Waals surface area contributed by atoms with Gasteiger partial charge in [0, 0.05) is 16.7 Å². The number of alkyl halides is 1. The minimum atomic E-state index is -0.408. The fourth-order valence-electron chi connectivity index (χ4n) is 2.40. The number of hydrogen-bond acceptors (Lipinski definition) is 3. The summed E-state index contributed by atoms with van der Waals surface area (Å²) in [5.74, 6) is 2.84. The van der Waals surface area contributed by atoms with Crippen molar-refractivity contribution in [2.24, 2.45) is 0 Å². The van der Waals surface area contributed by atoms with Crippen LogP contribution in [0.1, 0.15) is 33.6 Å². The standard InChI is InChI=1S/C16H18Cl2O3/c1-8-9(2)21-10(3)15(8)16(18)11-6-13(19-4)14(20-5)7-12(11)17/h6-7,16H,1-5H3. The molecular formula is C16H18Cl2O3. The summed E-state index contributed by atoms with van der Waals surface area (Å²) in [6, 6.07) is 3.52. The molecule has 0 spiro atoms. The maximum Gasteiger partial charge on any atom is 0.162 e. The van der Waals surface area contributed by atoms with Crippen molar-refractivity contribution in [1.82, 2.24) is 0 Å².